The van der Waals surface area contributed by atoms with Crippen molar-refractivity contribution in [2.45, 2.75) is 26.6 Å². The minimum atomic E-state index is -1.08. The van der Waals surface area contributed by atoms with Crippen molar-refractivity contribution in [2.75, 3.05) is 0 Å². The molecule has 0 saturated heterocycles. The van der Waals surface area contributed by atoms with Crippen molar-refractivity contribution in [3.63, 3.8) is 0 Å². The second-order valence-electron chi connectivity index (χ2n) is 3.06. The lowest BCUT2D eigenvalue weighted by atomic mass is 10.4. The van der Waals surface area contributed by atoms with Crippen molar-refractivity contribution < 1.29 is 14.6 Å². The third-order valence-electron chi connectivity index (χ3n) is 1.49. The molecular formula is C9H12N2O3. The highest BCUT2D eigenvalue weighted by Crippen LogP contribution is 1.99. The summed E-state index contributed by atoms with van der Waals surface area (Å²) in [4.78, 5) is 18.1. The monoisotopic (exact) mass is 196 g/mol. The van der Waals surface area contributed by atoms with Crippen molar-refractivity contribution in [2.24, 2.45) is 0 Å². The molecule has 14 heavy (non-hydrogen) atoms. The summed E-state index contributed by atoms with van der Waals surface area (Å²) in [5, 5.41) is 8.56. The van der Waals surface area contributed by atoms with Crippen LogP contribution in [0.4, 0.5) is 0 Å². The first kappa shape index (κ1) is 10.6. The van der Waals surface area contributed by atoms with Crippen molar-refractivity contribution in [1.82, 2.24) is 9.97 Å². The molecule has 0 unspecified atom stereocenters. The van der Waals surface area contributed by atoms with Gasteiger partial charge in [0.15, 0.2) is 5.69 Å². The van der Waals surface area contributed by atoms with Crippen LogP contribution in [-0.2, 0) is 11.3 Å². The molecule has 0 radical (unpaired) electrons. The smallest absolute Gasteiger partial charge is 0.356 e. The number of carboxylic acids is 1. The Morgan fingerprint density at radius 2 is 2.21 bits per heavy atom. The topological polar surface area (TPSA) is 72.3 Å². The Balaban J connectivity index is 2.60. The van der Waals surface area contributed by atoms with Crippen LogP contribution in [0.5, 0.6) is 0 Å². The van der Waals surface area contributed by atoms with E-state index in [0.717, 1.165) is 0 Å². The third kappa shape index (κ3) is 3.10. The molecule has 0 bridgehead atoms. The van der Waals surface area contributed by atoms with E-state index in [0.29, 0.717) is 12.3 Å². The fourth-order valence-corrected chi connectivity index (χ4v) is 0.792. The Hall–Kier alpha value is -1.49. The molecule has 1 N–H and O–H groups in total. The van der Waals surface area contributed by atoms with Gasteiger partial charge in [0.25, 0.3) is 0 Å². The highest BCUT2D eigenvalue weighted by atomic mass is 16.5. The van der Waals surface area contributed by atoms with Gasteiger partial charge in [-0.1, -0.05) is 0 Å². The summed E-state index contributed by atoms with van der Waals surface area (Å²) in [6.07, 6.45) is 2.75. The minimum absolute atomic E-state index is 0.0571. The number of rotatable bonds is 4. The Labute approximate surface area is 81.8 Å². The maximum atomic E-state index is 10.4. The van der Waals surface area contributed by atoms with E-state index in [1.165, 1.54) is 12.4 Å². The van der Waals surface area contributed by atoms with Gasteiger partial charge in [-0.2, -0.15) is 0 Å². The molecule has 76 valence electrons. The lowest BCUT2D eigenvalue weighted by molar-refractivity contribution is 0.0628. The number of ether oxygens (including phenoxy) is 1. The molecule has 0 amide bonds. The van der Waals surface area contributed by atoms with E-state index in [9.17, 15) is 4.79 Å². The highest BCUT2D eigenvalue weighted by Gasteiger charge is 2.04. The zero-order valence-electron chi connectivity index (χ0n) is 8.10. The summed E-state index contributed by atoms with van der Waals surface area (Å²) < 4.78 is 5.28. The molecule has 0 spiro atoms. The van der Waals surface area contributed by atoms with Gasteiger partial charge >= 0.3 is 5.97 Å². The summed E-state index contributed by atoms with van der Waals surface area (Å²) in [6, 6.07) is 0. The van der Waals surface area contributed by atoms with Crippen molar-refractivity contribution in [3.05, 3.63) is 23.8 Å². The molecule has 5 heteroatoms. The molecule has 0 aliphatic heterocycles. The Bertz CT molecular complexity index is 308. The van der Waals surface area contributed by atoms with Crippen LogP contribution in [0, 0.1) is 0 Å². The zero-order chi connectivity index (χ0) is 10.6. The van der Waals surface area contributed by atoms with Crippen LogP contribution in [0.1, 0.15) is 30.0 Å². The lowest BCUT2D eigenvalue weighted by Gasteiger charge is -2.05. The summed E-state index contributed by atoms with van der Waals surface area (Å²) in [7, 11) is 0. The second-order valence-corrected chi connectivity index (χ2v) is 3.06. The Kier molecular flexibility index (Phi) is 3.53. The second kappa shape index (κ2) is 4.66. The SMILES string of the molecule is CC(C)OCc1cnc(C(=O)O)cn1. The van der Waals surface area contributed by atoms with E-state index >= 15 is 0 Å². The van der Waals surface area contributed by atoms with E-state index in [2.05, 4.69) is 9.97 Å². The third-order valence-corrected chi connectivity index (χ3v) is 1.49. The quantitative estimate of drug-likeness (QED) is 0.780. The number of aromatic carboxylic acids is 1. The Morgan fingerprint density at radius 3 is 2.64 bits per heavy atom. The van der Waals surface area contributed by atoms with E-state index < -0.39 is 5.97 Å². The van der Waals surface area contributed by atoms with Crippen molar-refractivity contribution in [1.29, 1.82) is 0 Å². The van der Waals surface area contributed by atoms with E-state index in [1.807, 2.05) is 13.8 Å². The van der Waals surface area contributed by atoms with Crippen LogP contribution >= 0.6 is 0 Å². The van der Waals surface area contributed by atoms with Gasteiger partial charge in [-0.25, -0.2) is 9.78 Å². The number of hydrogen-bond acceptors (Lipinski definition) is 4. The molecule has 0 aliphatic rings. The molecule has 0 saturated carbocycles. The number of aromatic nitrogens is 2. The van der Waals surface area contributed by atoms with E-state index in [1.54, 1.807) is 0 Å². The summed E-state index contributed by atoms with van der Waals surface area (Å²) in [5.74, 6) is -1.08. The molecule has 1 aromatic rings. The molecule has 0 aliphatic carbocycles. The molecular weight excluding hydrogens is 184 g/mol. The molecule has 1 heterocycles. The molecule has 0 aromatic carbocycles. The molecule has 0 fully saturated rings. The maximum Gasteiger partial charge on any atom is 0.356 e. The van der Waals surface area contributed by atoms with Gasteiger partial charge in [0, 0.05) is 0 Å². The largest absolute Gasteiger partial charge is 0.476 e. The standard InChI is InChI=1S/C9H12N2O3/c1-6(2)14-5-7-3-11-8(4-10-7)9(12)13/h3-4,6H,5H2,1-2H3,(H,12,13). The summed E-state index contributed by atoms with van der Waals surface area (Å²) in [5.41, 5.74) is 0.571. The highest BCUT2D eigenvalue weighted by molar-refractivity contribution is 5.84. The molecule has 1 aromatic heterocycles. The predicted octanol–water partition coefficient (Wildman–Crippen LogP) is 1.10. The summed E-state index contributed by atoms with van der Waals surface area (Å²) >= 11 is 0. The van der Waals surface area contributed by atoms with Crippen LogP contribution in [0.15, 0.2) is 12.4 Å². The zero-order valence-corrected chi connectivity index (χ0v) is 8.10. The summed E-state index contributed by atoms with van der Waals surface area (Å²) in [6.45, 7) is 4.18. The fourth-order valence-electron chi connectivity index (χ4n) is 0.792. The number of carboxylic acid groups (broad SMARTS) is 1. The number of carbonyl (C=O) groups is 1. The average Bonchev–Trinajstić information content (AvgIpc) is 2.15. The molecule has 5 nitrogen and oxygen atoms in total. The van der Waals surface area contributed by atoms with Gasteiger partial charge in [-0.05, 0) is 13.8 Å². The van der Waals surface area contributed by atoms with Gasteiger partial charge in [-0.15, -0.1) is 0 Å². The number of nitrogens with zero attached hydrogens (tertiary/aromatic N) is 2. The van der Waals surface area contributed by atoms with Gasteiger partial charge in [0.2, 0.25) is 0 Å². The fraction of sp³-hybridized carbons (Fsp3) is 0.444. The maximum absolute atomic E-state index is 10.4. The van der Waals surface area contributed by atoms with Crippen molar-refractivity contribution >= 4 is 5.97 Å². The van der Waals surface area contributed by atoms with Gasteiger partial charge in [0.05, 0.1) is 30.8 Å². The lowest BCUT2D eigenvalue weighted by Crippen LogP contribution is -2.06. The van der Waals surface area contributed by atoms with E-state index in [-0.39, 0.29) is 11.8 Å². The first-order valence-corrected chi connectivity index (χ1v) is 4.25. The normalized spacial score (nSPS) is 10.5. The van der Waals surface area contributed by atoms with Crippen LogP contribution in [0.2, 0.25) is 0 Å². The van der Waals surface area contributed by atoms with Gasteiger partial charge in [0.1, 0.15) is 0 Å². The van der Waals surface area contributed by atoms with E-state index in [4.69, 9.17) is 9.84 Å². The van der Waals surface area contributed by atoms with Gasteiger partial charge < -0.3 is 9.84 Å². The van der Waals surface area contributed by atoms with Crippen LogP contribution in [0.3, 0.4) is 0 Å². The van der Waals surface area contributed by atoms with Gasteiger partial charge in [-0.3, -0.25) is 4.98 Å². The van der Waals surface area contributed by atoms with Crippen molar-refractivity contribution in [3.8, 4) is 0 Å². The average molecular weight is 196 g/mol. The Morgan fingerprint density at radius 1 is 1.50 bits per heavy atom. The van der Waals surface area contributed by atoms with Crippen LogP contribution in [-0.4, -0.2) is 27.1 Å². The van der Waals surface area contributed by atoms with Crippen LogP contribution < -0.4 is 0 Å². The first-order chi connectivity index (χ1) is 6.59. The molecule has 1 rings (SSSR count). The number of hydrogen-bond donors (Lipinski definition) is 1. The predicted molar refractivity (Wildman–Crippen MR) is 48.9 cm³/mol. The molecule has 0 atom stereocenters. The minimum Gasteiger partial charge on any atom is -0.476 e. The first-order valence-electron chi connectivity index (χ1n) is 4.25. The van der Waals surface area contributed by atoms with Crippen LogP contribution in [0.25, 0.3) is 0 Å².